The van der Waals surface area contributed by atoms with Gasteiger partial charge in [0.25, 0.3) is 20.2 Å². The van der Waals surface area contributed by atoms with E-state index >= 15 is 0 Å². The maximum absolute atomic E-state index is 12.1. The van der Waals surface area contributed by atoms with Gasteiger partial charge in [0.1, 0.15) is 9.79 Å². The minimum absolute atomic E-state index is 0.0108. The minimum atomic E-state index is -4.79. The van der Waals surface area contributed by atoms with Gasteiger partial charge in [-0.1, -0.05) is 24.3 Å². The normalized spacial score (nSPS) is 12.8. The van der Waals surface area contributed by atoms with E-state index in [0.29, 0.717) is 0 Å². The van der Waals surface area contributed by atoms with Crippen LogP contribution in [0, 0.1) is 0 Å². The number of benzene rings is 2. The molecule has 0 saturated heterocycles. The summed E-state index contributed by atoms with van der Waals surface area (Å²) in [5.41, 5.74) is 0.138. The van der Waals surface area contributed by atoms with Gasteiger partial charge in [0, 0.05) is 17.4 Å². The Morgan fingerprint density at radius 3 is 1.67 bits per heavy atom. The fourth-order valence-corrected chi connectivity index (χ4v) is 5.29. The number of hydrogen-bond acceptors (Lipinski definition) is 7. The minimum Gasteiger partial charge on any atom is -0.360 e. The van der Waals surface area contributed by atoms with Gasteiger partial charge in [-0.05, 0) is 75.3 Å². The molecular weight excluding hydrogens is 551 g/mol. The van der Waals surface area contributed by atoms with Crippen LogP contribution >= 0.6 is 12.2 Å². The molecule has 0 aliphatic rings. The van der Waals surface area contributed by atoms with Crippen molar-refractivity contribution in [2.24, 2.45) is 0 Å². The standard InChI is InChI=1S/C21H27N3O8S4/c1-13(2)22-21(33)23-17-9-7-15(19(11-17)35(27,28)29)5-6-16-8-10-18(12-20(16)36(30,31)32)24-34(25,26)14(3)4/h5-14,24H,1-4H3,(H2,22,23,33)(H,27,28,29)(H,30,31,32). The van der Waals surface area contributed by atoms with Gasteiger partial charge < -0.3 is 10.6 Å². The average molecular weight is 578 g/mol. The van der Waals surface area contributed by atoms with Gasteiger partial charge in [-0.3, -0.25) is 13.8 Å². The second kappa shape index (κ2) is 11.2. The van der Waals surface area contributed by atoms with Crippen LogP contribution in [0.25, 0.3) is 12.2 Å². The third-order valence-electron chi connectivity index (χ3n) is 4.58. The monoisotopic (exact) mass is 577 g/mol. The summed E-state index contributed by atoms with van der Waals surface area (Å²) in [6.45, 7) is 6.59. The molecule has 0 amide bonds. The predicted octanol–water partition coefficient (Wildman–Crippen LogP) is 3.20. The maximum Gasteiger partial charge on any atom is 0.295 e. The lowest BCUT2D eigenvalue weighted by atomic mass is 10.1. The molecule has 0 heterocycles. The van der Waals surface area contributed by atoms with Crippen LogP contribution in [0.2, 0.25) is 0 Å². The molecule has 5 N–H and O–H groups in total. The van der Waals surface area contributed by atoms with Crippen molar-refractivity contribution in [3.8, 4) is 0 Å². The third kappa shape index (κ3) is 8.25. The molecule has 0 aliphatic heterocycles. The molecule has 11 nitrogen and oxygen atoms in total. The van der Waals surface area contributed by atoms with Crippen molar-refractivity contribution in [1.82, 2.24) is 5.32 Å². The largest absolute Gasteiger partial charge is 0.360 e. The Labute approximate surface area is 216 Å². The summed E-state index contributed by atoms with van der Waals surface area (Å²) in [6, 6.07) is 7.49. The SMILES string of the molecule is CC(C)NC(=S)Nc1ccc(C=Cc2ccc(NS(=O)(=O)C(C)C)cc2S(=O)(=O)O)c(S(=O)(=O)O)c1. The first kappa shape index (κ1) is 29.7. The Hall–Kier alpha value is -2.56. The van der Waals surface area contributed by atoms with Crippen LogP contribution < -0.4 is 15.4 Å². The van der Waals surface area contributed by atoms with Crippen LogP contribution in [0.15, 0.2) is 46.2 Å². The van der Waals surface area contributed by atoms with E-state index in [9.17, 15) is 34.4 Å². The molecule has 0 bridgehead atoms. The summed E-state index contributed by atoms with van der Waals surface area (Å²) in [5.74, 6) is 0. The number of anilines is 2. The van der Waals surface area contributed by atoms with Crippen molar-refractivity contribution < 1.29 is 34.4 Å². The Morgan fingerprint density at radius 2 is 1.25 bits per heavy atom. The van der Waals surface area contributed by atoms with Gasteiger partial charge in [0.15, 0.2) is 5.11 Å². The molecular formula is C21H27N3O8S4. The number of hydrogen-bond donors (Lipinski definition) is 5. The van der Waals surface area contributed by atoms with E-state index in [1.807, 2.05) is 13.8 Å². The van der Waals surface area contributed by atoms with Crippen LogP contribution in [0.3, 0.4) is 0 Å². The first-order chi connectivity index (χ1) is 16.4. The zero-order valence-electron chi connectivity index (χ0n) is 19.8. The molecule has 0 aliphatic carbocycles. The Balaban J connectivity index is 2.50. The van der Waals surface area contributed by atoms with Crippen LogP contribution in [-0.2, 0) is 30.3 Å². The third-order valence-corrected chi connectivity index (χ3v) is 8.38. The highest BCUT2D eigenvalue weighted by atomic mass is 32.2. The summed E-state index contributed by atoms with van der Waals surface area (Å²) < 4.78 is 93.7. The molecule has 0 saturated carbocycles. The Kier molecular flexibility index (Phi) is 9.25. The fraction of sp³-hybridized carbons (Fsp3) is 0.286. The molecule has 0 unspecified atom stereocenters. The van der Waals surface area contributed by atoms with Gasteiger partial charge in [-0.25, -0.2) is 8.42 Å². The molecule has 36 heavy (non-hydrogen) atoms. The molecule has 2 aromatic rings. The van der Waals surface area contributed by atoms with Gasteiger partial charge >= 0.3 is 0 Å². The second-order valence-corrected chi connectivity index (χ2v) is 13.7. The van der Waals surface area contributed by atoms with Crippen molar-refractivity contribution in [2.45, 2.75) is 48.8 Å². The Morgan fingerprint density at radius 1 is 0.806 bits per heavy atom. The van der Waals surface area contributed by atoms with Crippen LogP contribution in [0.5, 0.6) is 0 Å². The fourth-order valence-electron chi connectivity index (χ4n) is 2.82. The summed E-state index contributed by atoms with van der Waals surface area (Å²) in [7, 11) is -13.3. The van der Waals surface area contributed by atoms with Gasteiger partial charge in [-0.15, -0.1) is 0 Å². The lowest BCUT2D eigenvalue weighted by Gasteiger charge is -2.14. The number of rotatable bonds is 9. The van der Waals surface area contributed by atoms with Crippen molar-refractivity contribution in [3.63, 3.8) is 0 Å². The van der Waals surface area contributed by atoms with Gasteiger partial charge in [0.2, 0.25) is 10.0 Å². The molecule has 0 spiro atoms. The van der Waals surface area contributed by atoms with E-state index in [-0.39, 0.29) is 33.7 Å². The molecule has 0 radical (unpaired) electrons. The predicted molar refractivity (Wildman–Crippen MR) is 144 cm³/mol. The summed E-state index contributed by atoms with van der Waals surface area (Å²) >= 11 is 5.13. The topological polar surface area (TPSA) is 179 Å². The van der Waals surface area contributed by atoms with Gasteiger partial charge in [0.05, 0.1) is 5.25 Å². The summed E-state index contributed by atoms with van der Waals surface area (Å²) in [6.07, 6.45) is 2.42. The van der Waals surface area contributed by atoms with Crippen LogP contribution in [-0.4, -0.2) is 50.8 Å². The highest BCUT2D eigenvalue weighted by Crippen LogP contribution is 2.27. The van der Waals surface area contributed by atoms with E-state index in [4.69, 9.17) is 12.2 Å². The van der Waals surface area contributed by atoms with Crippen LogP contribution in [0.4, 0.5) is 11.4 Å². The van der Waals surface area contributed by atoms with E-state index < -0.39 is 45.3 Å². The zero-order chi connectivity index (χ0) is 27.5. The lowest BCUT2D eigenvalue weighted by molar-refractivity contribution is 0.480. The smallest absolute Gasteiger partial charge is 0.295 e. The van der Waals surface area contributed by atoms with Crippen molar-refractivity contribution in [3.05, 3.63) is 47.5 Å². The second-order valence-electron chi connectivity index (χ2n) is 8.24. The van der Waals surface area contributed by atoms with E-state index in [2.05, 4.69) is 15.4 Å². The first-order valence-corrected chi connectivity index (χ1v) is 15.2. The highest BCUT2D eigenvalue weighted by molar-refractivity contribution is 7.93. The number of sulfonamides is 1. The van der Waals surface area contributed by atoms with Crippen molar-refractivity contribution in [2.75, 3.05) is 10.0 Å². The zero-order valence-corrected chi connectivity index (χ0v) is 23.0. The summed E-state index contributed by atoms with van der Waals surface area (Å²) in [5, 5.41) is 5.17. The number of nitrogens with one attached hydrogen (secondary N) is 3. The van der Waals surface area contributed by atoms with E-state index in [1.54, 1.807) is 0 Å². The van der Waals surface area contributed by atoms with E-state index in [1.165, 1.54) is 50.3 Å². The Bertz CT molecular complexity index is 1500. The molecule has 2 rings (SSSR count). The lowest BCUT2D eigenvalue weighted by Crippen LogP contribution is -2.33. The maximum atomic E-state index is 12.1. The molecule has 0 aromatic heterocycles. The van der Waals surface area contributed by atoms with E-state index in [0.717, 1.165) is 12.1 Å². The highest BCUT2D eigenvalue weighted by Gasteiger charge is 2.20. The van der Waals surface area contributed by atoms with Crippen LogP contribution in [0.1, 0.15) is 38.8 Å². The number of thiocarbonyl (C=S) groups is 1. The molecule has 2 aromatic carbocycles. The summed E-state index contributed by atoms with van der Waals surface area (Å²) in [4.78, 5) is -1.09. The van der Waals surface area contributed by atoms with Crippen molar-refractivity contribution in [1.29, 1.82) is 0 Å². The quantitative estimate of drug-likeness (QED) is 0.168. The van der Waals surface area contributed by atoms with Crippen molar-refractivity contribution >= 4 is 71.1 Å². The molecule has 198 valence electrons. The molecule has 0 fully saturated rings. The average Bonchev–Trinajstić information content (AvgIpc) is 2.71. The van der Waals surface area contributed by atoms with Gasteiger partial charge in [-0.2, -0.15) is 16.8 Å². The molecule has 15 heteroatoms. The molecule has 0 atom stereocenters. The first-order valence-electron chi connectivity index (χ1n) is 10.4.